The number of aryl methyl sites for hydroxylation is 3. The third kappa shape index (κ3) is 2.58. The van der Waals surface area contributed by atoms with Crippen molar-refractivity contribution in [2.45, 2.75) is 20.8 Å². The van der Waals surface area contributed by atoms with Gasteiger partial charge in [0.05, 0.1) is 0 Å². The molecule has 0 aliphatic heterocycles. The predicted molar refractivity (Wildman–Crippen MR) is 102 cm³/mol. The van der Waals surface area contributed by atoms with Gasteiger partial charge in [-0.3, -0.25) is 4.79 Å². The van der Waals surface area contributed by atoms with Crippen LogP contribution < -0.4 is 5.32 Å². The zero-order valence-corrected chi connectivity index (χ0v) is 14.5. The van der Waals surface area contributed by atoms with E-state index < -0.39 is 0 Å². The molecule has 0 saturated carbocycles. The second kappa shape index (κ2) is 5.78. The topological polar surface area (TPSA) is 42.2 Å². The Hall–Kier alpha value is -3.07. The van der Waals surface area contributed by atoms with E-state index in [4.69, 9.17) is 4.42 Å². The number of benzene rings is 3. The van der Waals surface area contributed by atoms with Gasteiger partial charge >= 0.3 is 0 Å². The van der Waals surface area contributed by atoms with Gasteiger partial charge in [-0.2, -0.15) is 0 Å². The van der Waals surface area contributed by atoms with Crippen LogP contribution in [0, 0.1) is 20.8 Å². The third-order valence-corrected chi connectivity index (χ3v) is 4.68. The fraction of sp³-hybridized carbons (Fsp3) is 0.136. The van der Waals surface area contributed by atoms with Crippen LogP contribution in [0.25, 0.3) is 21.7 Å². The molecular formula is C22H19NO2. The van der Waals surface area contributed by atoms with Gasteiger partial charge in [-0.1, -0.05) is 48.5 Å². The van der Waals surface area contributed by atoms with Gasteiger partial charge in [-0.05, 0) is 43.4 Å². The molecule has 3 heteroatoms. The summed E-state index contributed by atoms with van der Waals surface area (Å²) in [5, 5.41) is 6.09. The molecule has 0 bridgehead atoms. The van der Waals surface area contributed by atoms with Crippen molar-refractivity contribution >= 4 is 33.3 Å². The highest BCUT2D eigenvalue weighted by molar-refractivity contribution is 6.11. The van der Waals surface area contributed by atoms with Crippen LogP contribution in [0.3, 0.4) is 0 Å². The van der Waals surface area contributed by atoms with Crippen LogP contribution in [-0.4, -0.2) is 5.91 Å². The van der Waals surface area contributed by atoms with Gasteiger partial charge in [-0.15, -0.1) is 0 Å². The van der Waals surface area contributed by atoms with E-state index in [-0.39, 0.29) is 5.91 Å². The van der Waals surface area contributed by atoms with Gasteiger partial charge in [0.25, 0.3) is 5.91 Å². The van der Waals surface area contributed by atoms with E-state index in [1.165, 1.54) is 0 Å². The minimum Gasteiger partial charge on any atom is -0.450 e. The highest BCUT2D eigenvalue weighted by Gasteiger charge is 2.19. The van der Waals surface area contributed by atoms with Gasteiger partial charge in [0.15, 0.2) is 5.76 Å². The molecule has 0 atom stereocenters. The van der Waals surface area contributed by atoms with Crippen molar-refractivity contribution in [2.75, 3.05) is 5.32 Å². The van der Waals surface area contributed by atoms with Gasteiger partial charge < -0.3 is 9.73 Å². The summed E-state index contributed by atoms with van der Waals surface area (Å²) in [6, 6.07) is 18.1. The summed E-state index contributed by atoms with van der Waals surface area (Å²) in [6.07, 6.45) is 0. The lowest BCUT2D eigenvalue weighted by atomic mass is 10.1. The van der Waals surface area contributed by atoms with E-state index in [1.54, 1.807) is 0 Å². The van der Waals surface area contributed by atoms with Crippen molar-refractivity contribution in [1.29, 1.82) is 0 Å². The zero-order valence-electron chi connectivity index (χ0n) is 14.5. The molecule has 1 aromatic heterocycles. The number of carbonyl (C=O) groups is 1. The van der Waals surface area contributed by atoms with E-state index in [0.717, 1.165) is 44.1 Å². The molecule has 0 aliphatic carbocycles. The fourth-order valence-corrected chi connectivity index (χ4v) is 3.22. The minimum absolute atomic E-state index is 0.216. The number of rotatable bonds is 2. The second-order valence-electron chi connectivity index (χ2n) is 6.49. The number of carbonyl (C=O) groups excluding carboxylic acids is 1. The lowest BCUT2D eigenvalue weighted by Crippen LogP contribution is -2.13. The van der Waals surface area contributed by atoms with Gasteiger partial charge in [0.1, 0.15) is 5.58 Å². The Morgan fingerprint density at radius 3 is 2.56 bits per heavy atom. The van der Waals surface area contributed by atoms with Crippen LogP contribution in [-0.2, 0) is 0 Å². The van der Waals surface area contributed by atoms with E-state index in [9.17, 15) is 4.79 Å². The molecule has 1 heterocycles. The van der Waals surface area contributed by atoms with Gasteiger partial charge in [-0.25, -0.2) is 0 Å². The standard InChI is InChI=1S/C22H19NO2/c1-13-8-9-14(2)19(12-13)23-22(24)20-15(3)17-11-10-16-6-4-5-7-18(16)21(17)25-20/h4-12H,1-3H3,(H,23,24). The maximum Gasteiger partial charge on any atom is 0.291 e. The van der Waals surface area contributed by atoms with Gasteiger partial charge in [0, 0.05) is 22.0 Å². The van der Waals surface area contributed by atoms with Crippen molar-refractivity contribution in [3.05, 3.63) is 77.0 Å². The first-order valence-electron chi connectivity index (χ1n) is 8.34. The molecule has 25 heavy (non-hydrogen) atoms. The van der Waals surface area contributed by atoms with Crippen LogP contribution in [0.4, 0.5) is 5.69 Å². The average molecular weight is 329 g/mol. The normalized spacial score (nSPS) is 11.2. The molecule has 0 unspecified atom stereocenters. The van der Waals surface area contributed by atoms with E-state index in [0.29, 0.717) is 5.76 Å². The highest BCUT2D eigenvalue weighted by Crippen LogP contribution is 2.32. The smallest absolute Gasteiger partial charge is 0.291 e. The number of hydrogen-bond donors (Lipinski definition) is 1. The Morgan fingerprint density at radius 1 is 0.920 bits per heavy atom. The first-order chi connectivity index (χ1) is 12.0. The van der Waals surface area contributed by atoms with Crippen molar-refractivity contribution in [3.63, 3.8) is 0 Å². The van der Waals surface area contributed by atoms with E-state index >= 15 is 0 Å². The molecule has 0 radical (unpaired) electrons. The largest absolute Gasteiger partial charge is 0.450 e. The Morgan fingerprint density at radius 2 is 1.72 bits per heavy atom. The van der Waals surface area contributed by atoms with Crippen LogP contribution in [0.5, 0.6) is 0 Å². The lowest BCUT2D eigenvalue weighted by Gasteiger charge is -2.08. The Kier molecular flexibility index (Phi) is 3.57. The maximum atomic E-state index is 12.8. The third-order valence-electron chi connectivity index (χ3n) is 4.68. The first kappa shape index (κ1) is 15.5. The summed E-state index contributed by atoms with van der Waals surface area (Å²) in [5.74, 6) is 0.152. The summed E-state index contributed by atoms with van der Waals surface area (Å²) in [6.45, 7) is 5.92. The molecule has 4 rings (SSSR count). The molecule has 4 aromatic rings. The van der Waals surface area contributed by atoms with Crippen LogP contribution >= 0.6 is 0 Å². The number of fused-ring (bicyclic) bond motifs is 3. The van der Waals surface area contributed by atoms with Crippen LogP contribution in [0.2, 0.25) is 0 Å². The predicted octanol–water partition coefficient (Wildman–Crippen LogP) is 5.76. The van der Waals surface area contributed by atoms with Crippen LogP contribution in [0.15, 0.2) is 59.0 Å². The number of furan rings is 1. The van der Waals surface area contributed by atoms with Crippen molar-refractivity contribution in [3.8, 4) is 0 Å². The quantitative estimate of drug-likeness (QED) is 0.508. The molecule has 124 valence electrons. The first-order valence-corrected chi connectivity index (χ1v) is 8.34. The molecular weight excluding hydrogens is 310 g/mol. The number of anilines is 1. The number of hydrogen-bond acceptors (Lipinski definition) is 2. The maximum absolute atomic E-state index is 12.8. The Bertz CT molecular complexity index is 1120. The Labute approximate surface area is 146 Å². The average Bonchev–Trinajstić information content (AvgIpc) is 2.95. The SMILES string of the molecule is Cc1ccc(C)c(NC(=O)c2oc3c(ccc4ccccc43)c2C)c1. The molecule has 0 aliphatic rings. The van der Waals surface area contributed by atoms with Gasteiger partial charge in [0.2, 0.25) is 0 Å². The molecule has 0 saturated heterocycles. The zero-order chi connectivity index (χ0) is 17.6. The van der Waals surface area contributed by atoms with Crippen molar-refractivity contribution < 1.29 is 9.21 Å². The monoisotopic (exact) mass is 329 g/mol. The summed E-state index contributed by atoms with van der Waals surface area (Å²) in [4.78, 5) is 12.8. The molecule has 0 spiro atoms. The molecule has 3 aromatic carbocycles. The number of amides is 1. The lowest BCUT2D eigenvalue weighted by molar-refractivity contribution is 0.0998. The second-order valence-corrected chi connectivity index (χ2v) is 6.49. The minimum atomic E-state index is -0.216. The summed E-state index contributed by atoms with van der Waals surface area (Å²) >= 11 is 0. The molecule has 1 amide bonds. The summed E-state index contributed by atoms with van der Waals surface area (Å²) < 4.78 is 6.00. The summed E-state index contributed by atoms with van der Waals surface area (Å²) in [5.41, 5.74) is 4.58. The highest BCUT2D eigenvalue weighted by atomic mass is 16.3. The Balaban J connectivity index is 1.81. The van der Waals surface area contributed by atoms with Crippen molar-refractivity contribution in [2.24, 2.45) is 0 Å². The molecule has 0 fully saturated rings. The van der Waals surface area contributed by atoms with E-state index in [2.05, 4.69) is 11.4 Å². The summed E-state index contributed by atoms with van der Waals surface area (Å²) in [7, 11) is 0. The molecule has 3 nitrogen and oxygen atoms in total. The van der Waals surface area contributed by atoms with Crippen molar-refractivity contribution in [1.82, 2.24) is 0 Å². The fourth-order valence-electron chi connectivity index (χ4n) is 3.22. The molecule has 1 N–H and O–H groups in total. The van der Waals surface area contributed by atoms with E-state index in [1.807, 2.05) is 69.3 Å². The number of nitrogens with one attached hydrogen (secondary N) is 1. The van der Waals surface area contributed by atoms with Crippen LogP contribution in [0.1, 0.15) is 27.2 Å².